The summed E-state index contributed by atoms with van der Waals surface area (Å²) in [6, 6.07) is 13.8. The molecule has 0 radical (unpaired) electrons. The topological polar surface area (TPSA) is 50.4 Å². The van der Waals surface area contributed by atoms with Gasteiger partial charge in [0.1, 0.15) is 0 Å². The zero-order chi connectivity index (χ0) is 18.4. The summed E-state index contributed by atoms with van der Waals surface area (Å²) in [5.74, 6) is -0.355. The van der Waals surface area contributed by atoms with Crippen LogP contribution in [0.4, 0.5) is 5.69 Å². The lowest BCUT2D eigenvalue weighted by atomic mass is 9.99. The lowest BCUT2D eigenvalue weighted by molar-refractivity contribution is 0.0600. The number of nitrogens with one attached hydrogen (secondary N) is 2. The van der Waals surface area contributed by atoms with E-state index in [1.165, 1.54) is 18.2 Å². The molecule has 0 aliphatic rings. The third-order valence-corrected chi connectivity index (χ3v) is 4.48. The van der Waals surface area contributed by atoms with Gasteiger partial charge in [0.05, 0.1) is 18.7 Å². The lowest BCUT2D eigenvalue weighted by Gasteiger charge is -2.22. The quantitative estimate of drug-likeness (QED) is 0.609. The van der Waals surface area contributed by atoms with Crippen molar-refractivity contribution < 1.29 is 9.53 Å². The van der Waals surface area contributed by atoms with Crippen molar-refractivity contribution in [2.45, 2.75) is 33.2 Å². The highest BCUT2D eigenvalue weighted by Gasteiger charge is 2.15. The van der Waals surface area contributed by atoms with Crippen molar-refractivity contribution in [2.24, 2.45) is 0 Å². The van der Waals surface area contributed by atoms with Crippen LogP contribution in [0.2, 0.25) is 0 Å². The van der Waals surface area contributed by atoms with Gasteiger partial charge in [-0.1, -0.05) is 37.3 Å². The minimum Gasteiger partial charge on any atom is -0.465 e. The van der Waals surface area contributed by atoms with Crippen LogP contribution in [0, 0.1) is 13.8 Å². The maximum atomic E-state index is 11.8. The van der Waals surface area contributed by atoms with Crippen LogP contribution in [0.5, 0.6) is 0 Å². The Hall–Kier alpha value is -2.40. The predicted molar refractivity (Wildman–Crippen MR) is 106 cm³/mol. The van der Waals surface area contributed by atoms with E-state index >= 15 is 0 Å². The highest BCUT2D eigenvalue weighted by atomic mass is 32.1. The second kappa shape index (κ2) is 8.62. The zero-order valence-corrected chi connectivity index (χ0v) is 15.9. The first-order valence-corrected chi connectivity index (χ1v) is 8.69. The first-order valence-electron chi connectivity index (χ1n) is 8.28. The summed E-state index contributed by atoms with van der Waals surface area (Å²) in [6.45, 7) is 6.09. The molecule has 2 N–H and O–H groups in total. The highest BCUT2D eigenvalue weighted by Crippen LogP contribution is 2.22. The molecule has 2 aromatic carbocycles. The predicted octanol–water partition coefficient (Wildman–Crippen LogP) is 4.53. The largest absolute Gasteiger partial charge is 0.465 e. The molecule has 0 aromatic heterocycles. The first kappa shape index (κ1) is 18.9. The van der Waals surface area contributed by atoms with E-state index in [4.69, 9.17) is 17.0 Å². The van der Waals surface area contributed by atoms with Crippen LogP contribution >= 0.6 is 12.2 Å². The van der Waals surface area contributed by atoms with Gasteiger partial charge in [-0.15, -0.1) is 0 Å². The van der Waals surface area contributed by atoms with Crippen LogP contribution in [0.25, 0.3) is 0 Å². The number of hydrogen-bond donors (Lipinski definition) is 2. The number of carbonyl (C=O) groups excluding carboxylic acids is 1. The number of anilines is 1. The maximum Gasteiger partial charge on any atom is 0.338 e. The molecule has 0 bridgehead atoms. The van der Waals surface area contributed by atoms with E-state index in [1.807, 2.05) is 31.2 Å². The van der Waals surface area contributed by atoms with Gasteiger partial charge in [0.2, 0.25) is 0 Å². The van der Waals surface area contributed by atoms with Gasteiger partial charge in [0.25, 0.3) is 0 Å². The number of esters is 1. The summed E-state index contributed by atoms with van der Waals surface area (Å²) in [4.78, 5) is 11.8. The third kappa shape index (κ3) is 4.57. The van der Waals surface area contributed by atoms with E-state index in [2.05, 4.69) is 36.6 Å². The maximum absolute atomic E-state index is 11.8. The summed E-state index contributed by atoms with van der Waals surface area (Å²) in [5, 5.41) is 7.09. The Labute approximate surface area is 154 Å². The van der Waals surface area contributed by atoms with Crippen LogP contribution in [-0.2, 0) is 4.74 Å². The van der Waals surface area contributed by atoms with Gasteiger partial charge >= 0.3 is 5.97 Å². The molecule has 0 fully saturated rings. The van der Waals surface area contributed by atoms with Crippen LogP contribution in [0.3, 0.4) is 0 Å². The third-order valence-electron chi connectivity index (χ3n) is 4.26. The minimum atomic E-state index is -0.355. The Morgan fingerprint density at radius 2 is 1.88 bits per heavy atom. The molecular weight excluding hydrogens is 332 g/mol. The molecule has 1 atom stereocenters. The van der Waals surface area contributed by atoms with Crippen molar-refractivity contribution in [2.75, 3.05) is 12.4 Å². The van der Waals surface area contributed by atoms with Crippen LogP contribution in [0.15, 0.2) is 42.5 Å². The summed E-state index contributed by atoms with van der Waals surface area (Å²) < 4.78 is 4.81. The monoisotopic (exact) mass is 356 g/mol. The van der Waals surface area contributed by atoms with Crippen LogP contribution < -0.4 is 10.6 Å². The number of carbonyl (C=O) groups is 1. The minimum absolute atomic E-state index is 0.130. The summed E-state index contributed by atoms with van der Waals surface area (Å²) >= 11 is 5.48. The molecule has 0 saturated carbocycles. The fourth-order valence-corrected chi connectivity index (χ4v) is 3.05. The van der Waals surface area contributed by atoms with Gasteiger partial charge in [-0.25, -0.2) is 4.79 Å². The SMILES string of the molecule is CC[C@H](NC(=S)Nc1cccc(C(=O)OC)c1C)c1ccccc1C. The molecule has 0 aliphatic carbocycles. The molecule has 132 valence electrons. The second-order valence-electron chi connectivity index (χ2n) is 5.89. The van der Waals surface area contributed by atoms with Crippen LogP contribution in [-0.4, -0.2) is 18.2 Å². The van der Waals surface area contributed by atoms with Crippen molar-refractivity contribution in [1.82, 2.24) is 5.32 Å². The standard InChI is InChI=1S/C20H24N2O2S/c1-5-17(15-10-7-6-9-13(15)2)21-20(25)22-18-12-8-11-16(14(18)3)19(23)24-4/h6-12,17H,5H2,1-4H3,(H2,21,22,25)/t17-/m0/s1. The molecule has 0 aliphatic heterocycles. The van der Waals surface area contributed by atoms with E-state index in [9.17, 15) is 4.79 Å². The molecule has 25 heavy (non-hydrogen) atoms. The molecule has 2 rings (SSSR count). The van der Waals surface area contributed by atoms with Gasteiger partial charge < -0.3 is 15.4 Å². The molecule has 0 heterocycles. The van der Waals surface area contributed by atoms with Crippen molar-refractivity contribution in [3.05, 3.63) is 64.7 Å². The summed E-state index contributed by atoms with van der Waals surface area (Å²) in [7, 11) is 1.38. The fourth-order valence-electron chi connectivity index (χ4n) is 2.80. The summed E-state index contributed by atoms with van der Waals surface area (Å²) in [5.41, 5.74) is 4.59. The number of hydrogen-bond acceptors (Lipinski definition) is 3. The van der Waals surface area contributed by atoms with Crippen molar-refractivity contribution in [1.29, 1.82) is 0 Å². The fraction of sp³-hybridized carbons (Fsp3) is 0.300. The molecule has 0 spiro atoms. The van der Waals surface area contributed by atoms with E-state index in [1.54, 1.807) is 6.07 Å². The van der Waals surface area contributed by atoms with Gasteiger partial charge in [-0.05, 0) is 61.3 Å². The number of benzene rings is 2. The zero-order valence-electron chi connectivity index (χ0n) is 15.1. The Balaban J connectivity index is 2.15. The average molecular weight is 356 g/mol. The molecule has 4 nitrogen and oxygen atoms in total. The molecule has 0 unspecified atom stereocenters. The average Bonchev–Trinajstić information content (AvgIpc) is 2.61. The molecule has 0 saturated heterocycles. The Kier molecular flexibility index (Phi) is 6.53. The number of ether oxygens (including phenoxy) is 1. The van der Waals surface area contributed by atoms with Gasteiger partial charge in [-0.3, -0.25) is 0 Å². The molecule has 5 heteroatoms. The molecule has 2 aromatic rings. The summed E-state index contributed by atoms with van der Waals surface area (Å²) in [6.07, 6.45) is 0.911. The number of aryl methyl sites for hydroxylation is 1. The second-order valence-corrected chi connectivity index (χ2v) is 6.29. The Morgan fingerprint density at radius 3 is 2.52 bits per heavy atom. The van der Waals surface area contributed by atoms with Crippen molar-refractivity contribution >= 4 is 29.0 Å². The Bertz CT molecular complexity index is 774. The normalized spacial score (nSPS) is 11.5. The van der Waals surface area contributed by atoms with Crippen molar-refractivity contribution in [3.63, 3.8) is 0 Å². The molecule has 0 amide bonds. The Morgan fingerprint density at radius 1 is 1.16 bits per heavy atom. The number of methoxy groups -OCH3 is 1. The van der Waals surface area contributed by atoms with E-state index < -0.39 is 0 Å². The smallest absolute Gasteiger partial charge is 0.338 e. The van der Waals surface area contributed by atoms with Gasteiger partial charge in [0, 0.05) is 5.69 Å². The highest BCUT2D eigenvalue weighted by molar-refractivity contribution is 7.80. The van der Waals surface area contributed by atoms with Crippen LogP contribution in [0.1, 0.15) is 46.4 Å². The van der Waals surface area contributed by atoms with E-state index in [0.717, 1.165) is 17.7 Å². The first-order chi connectivity index (χ1) is 12.0. The number of rotatable bonds is 5. The van der Waals surface area contributed by atoms with Gasteiger partial charge in [-0.2, -0.15) is 0 Å². The molecular formula is C20H24N2O2S. The van der Waals surface area contributed by atoms with Gasteiger partial charge in [0.15, 0.2) is 5.11 Å². The lowest BCUT2D eigenvalue weighted by Crippen LogP contribution is -2.32. The van der Waals surface area contributed by atoms with E-state index in [0.29, 0.717) is 10.7 Å². The number of thiocarbonyl (C=S) groups is 1. The van der Waals surface area contributed by atoms with E-state index in [-0.39, 0.29) is 12.0 Å². The van der Waals surface area contributed by atoms with Crippen molar-refractivity contribution in [3.8, 4) is 0 Å².